The second kappa shape index (κ2) is 5.45. The summed E-state index contributed by atoms with van der Waals surface area (Å²) in [6.45, 7) is 6.55. The van der Waals surface area contributed by atoms with Gasteiger partial charge in [-0.1, -0.05) is 32.5 Å². The molecule has 0 fully saturated rings. The number of amidine groups is 1. The fourth-order valence-electron chi connectivity index (χ4n) is 0.812. The molecule has 17 heavy (non-hydrogen) atoms. The van der Waals surface area contributed by atoms with Gasteiger partial charge in [0.15, 0.2) is 5.57 Å². The van der Waals surface area contributed by atoms with Gasteiger partial charge < -0.3 is 5.73 Å². The van der Waals surface area contributed by atoms with E-state index in [9.17, 15) is 13.2 Å². The Bertz CT molecular complexity index is 379. The zero-order valence-corrected chi connectivity index (χ0v) is 10.8. The highest BCUT2D eigenvalue weighted by molar-refractivity contribution is 8.04. The summed E-state index contributed by atoms with van der Waals surface area (Å²) in [5.41, 5.74) is 3.96. The van der Waals surface area contributed by atoms with Crippen LogP contribution in [0.3, 0.4) is 0 Å². The Morgan fingerprint density at radius 1 is 1.29 bits per heavy atom. The number of hydrogen-bond donors (Lipinski definition) is 1. The maximum Gasteiger partial charge on any atom is 0.428 e. The molecule has 0 aliphatic rings. The zero-order chi connectivity index (χ0) is 13.9. The van der Waals surface area contributed by atoms with Crippen LogP contribution in [0.1, 0.15) is 27.7 Å². The minimum absolute atomic E-state index is 0.0197. The number of alkyl halides is 3. The van der Waals surface area contributed by atoms with Crippen molar-refractivity contribution in [1.29, 1.82) is 5.26 Å². The van der Waals surface area contributed by atoms with Crippen LogP contribution in [0.2, 0.25) is 0 Å². The number of hydrogen-bond acceptors (Lipinski definition) is 3. The highest BCUT2D eigenvalue weighted by atomic mass is 32.2. The molecule has 0 heterocycles. The third kappa shape index (κ3) is 6.22. The molecule has 0 atom stereocenters. The molecule has 0 unspecified atom stereocenters. The van der Waals surface area contributed by atoms with E-state index in [1.54, 1.807) is 20.8 Å². The first kappa shape index (κ1) is 15.8. The van der Waals surface area contributed by atoms with Gasteiger partial charge in [-0.2, -0.15) is 18.4 Å². The second-order valence-corrected chi connectivity index (χ2v) is 6.07. The molecule has 2 N–H and O–H groups in total. The molecule has 0 bridgehead atoms. The Morgan fingerprint density at radius 3 is 2.00 bits per heavy atom. The monoisotopic (exact) mass is 265 g/mol. The maximum absolute atomic E-state index is 12.6. The van der Waals surface area contributed by atoms with E-state index in [1.807, 2.05) is 0 Å². The fourth-order valence-corrected chi connectivity index (χ4v) is 1.85. The highest BCUT2D eigenvalue weighted by Crippen LogP contribution is 2.38. The number of thioether (sulfide) groups is 1. The van der Waals surface area contributed by atoms with Crippen molar-refractivity contribution in [2.24, 2.45) is 10.7 Å². The van der Waals surface area contributed by atoms with Crippen LogP contribution in [-0.2, 0) is 0 Å². The summed E-state index contributed by atoms with van der Waals surface area (Å²) in [6.07, 6.45) is -4.72. The summed E-state index contributed by atoms with van der Waals surface area (Å²) < 4.78 is 37.3. The number of nitrogens with two attached hydrogens (primary N) is 1. The molecular weight excluding hydrogens is 251 g/mol. The van der Waals surface area contributed by atoms with Gasteiger partial charge in [0.1, 0.15) is 11.1 Å². The number of nitrogens with zero attached hydrogens (tertiary/aromatic N) is 2. The van der Waals surface area contributed by atoms with Gasteiger partial charge in [-0.15, -0.1) is 0 Å². The predicted octanol–water partition coefficient (Wildman–Crippen LogP) is 3.19. The van der Waals surface area contributed by atoms with Crippen LogP contribution in [0, 0.1) is 11.3 Å². The third-order valence-corrected chi connectivity index (χ3v) is 2.39. The molecule has 0 spiro atoms. The molecule has 7 heteroatoms. The van der Waals surface area contributed by atoms with Crippen molar-refractivity contribution in [3.8, 4) is 6.07 Å². The Morgan fingerprint density at radius 2 is 1.76 bits per heavy atom. The Hall–Kier alpha value is -1.16. The molecule has 0 saturated carbocycles. The molecule has 0 aromatic heterocycles. The average Bonchev–Trinajstić information content (AvgIpc) is 1.96. The molecule has 0 aromatic rings. The Balaban J connectivity index is 5.67. The Kier molecular flexibility index (Phi) is 5.08. The smallest absolute Gasteiger partial charge is 0.387 e. The number of halogens is 3. The molecule has 96 valence electrons. The van der Waals surface area contributed by atoms with Crippen LogP contribution in [0.4, 0.5) is 13.2 Å². The van der Waals surface area contributed by atoms with Crippen molar-refractivity contribution in [3.63, 3.8) is 0 Å². The van der Waals surface area contributed by atoms with Crippen molar-refractivity contribution in [1.82, 2.24) is 0 Å². The lowest BCUT2D eigenvalue weighted by molar-refractivity contribution is -0.0877. The maximum atomic E-state index is 12.6. The minimum atomic E-state index is -4.72. The first-order chi connectivity index (χ1) is 7.47. The summed E-state index contributed by atoms with van der Waals surface area (Å²) in [5.74, 6) is -0.0197. The fraction of sp³-hybridized carbons (Fsp3) is 0.600. The van der Waals surface area contributed by atoms with Crippen molar-refractivity contribution < 1.29 is 13.2 Å². The van der Waals surface area contributed by atoms with Crippen LogP contribution in [0.25, 0.3) is 0 Å². The SMILES string of the molecule is CC(N)=N/C(SC(C)(C)C)=C(\C#N)C(F)(F)F. The van der Waals surface area contributed by atoms with Crippen LogP contribution < -0.4 is 5.73 Å². The van der Waals surface area contributed by atoms with E-state index in [4.69, 9.17) is 11.0 Å². The van der Waals surface area contributed by atoms with E-state index in [0.717, 1.165) is 17.8 Å². The van der Waals surface area contributed by atoms with Crippen molar-refractivity contribution >= 4 is 17.6 Å². The molecule has 0 saturated heterocycles. The lowest BCUT2D eigenvalue weighted by Crippen LogP contribution is -2.16. The number of rotatable bonds is 2. The first-order valence-corrected chi connectivity index (χ1v) is 5.50. The van der Waals surface area contributed by atoms with Crippen LogP contribution >= 0.6 is 11.8 Å². The van der Waals surface area contributed by atoms with Gasteiger partial charge in [0.2, 0.25) is 0 Å². The zero-order valence-electron chi connectivity index (χ0n) is 10.0. The largest absolute Gasteiger partial charge is 0.428 e. The molecule has 0 aromatic carbocycles. The van der Waals surface area contributed by atoms with Gasteiger partial charge in [-0.25, -0.2) is 4.99 Å². The Labute approximate surface area is 103 Å². The van der Waals surface area contributed by atoms with Gasteiger partial charge in [-0.05, 0) is 6.92 Å². The third-order valence-electron chi connectivity index (χ3n) is 1.29. The number of nitriles is 1. The van der Waals surface area contributed by atoms with Gasteiger partial charge in [0.25, 0.3) is 0 Å². The lowest BCUT2D eigenvalue weighted by Gasteiger charge is -2.19. The van der Waals surface area contributed by atoms with E-state index in [1.165, 1.54) is 6.92 Å². The first-order valence-electron chi connectivity index (χ1n) is 4.68. The summed E-state index contributed by atoms with van der Waals surface area (Å²) in [6, 6.07) is 1.14. The molecule has 0 radical (unpaired) electrons. The average molecular weight is 265 g/mol. The quantitative estimate of drug-likeness (QED) is 0.474. The molecule has 0 amide bonds. The summed E-state index contributed by atoms with van der Waals surface area (Å²) >= 11 is 0.859. The van der Waals surface area contributed by atoms with Crippen molar-refractivity contribution in [2.75, 3.05) is 0 Å². The van der Waals surface area contributed by atoms with Crippen LogP contribution in [-0.4, -0.2) is 16.8 Å². The lowest BCUT2D eigenvalue weighted by atomic mass is 10.3. The van der Waals surface area contributed by atoms with E-state index in [2.05, 4.69) is 4.99 Å². The van der Waals surface area contributed by atoms with Gasteiger partial charge in [0.05, 0.1) is 5.84 Å². The van der Waals surface area contributed by atoms with Gasteiger partial charge in [-0.3, -0.25) is 0 Å². The summed E-state index contributed by atoms with van der Waals surface area (Å²) in [7, 11) is 0. The van der Waals surface area contributed by atoms with Gasteiger partial charge >= 0.3 is 6.18 Å². The van der Waals surface area contributed by atoms with E-state index >= 15 is 0 Å². The topological polar surface area (TPSA) is 62.2 Å². The van der Waals surface area contributed by atoms with Gasteiger partial charge in [0, 0.05) is 4.75 Å². The molecular formula is C10H14F3N3S. The van der Waals surface area contributed by atoms with E-state index in [-0.39, 0.29) is 5.84 Å². The minimum Gasteiger partial charge on any atom is -0.387 e. The predicted molar refractivity (Wildman–Crippen MR) is 63.3 cm³/mol. The standard InChI is InChI=1S/C10H14F3N3S/c1-6(15)16-8(17-9(2,3)4)7(5-14)10(11,12)13/h1-4H3,(H2,15,16)/b8-7-. The van der Waals surface area contributed by atoms with E-state index < -0.39 is 21.5 Å². The van der Waals surface area contributed by atoms with Crippen molar-refractivity contribution in [3.05, 3.63) is 10.6 Å². The second-order valence-electron chi connectivity index (χ2n) is 4.26. The normalized spacial score (nSPS) is 15.3. The van der Waals surface area contributed by atoms with Crippen LogP contribution in [0.15, 0.2) is 15.6 Å². The van der Waals surface area contributed by atoms with Crippen molar-refractivity contribution in [2.45, 2.75) is 38.6 Å². The van der Waals surface area contributed by atoms with E-state index in [0.29, 0.717) is 0 Å². The number of aliphatic imine (C=N–C) groups is 1. The summed E-state index contributed by atoms with van der Waals surface area (Å²) in [4.78, 5) is 3.59. The highest BCUT2D eigenvalue weighted by Gasteiger charge is 2.38. The summed E-state index contributed by atoms with van der Waals surface area (Å²) in [5, 5.41) is 8.19. The molecule has 0 rings (SSSR count). The molecule has 3 nitrogen and oxygen atoms in total. The molecule has 0 aliphatic heterocycles. The van der Waals surface area contributed by atoms with Crippen LogP contribution in [0.5, 0.6) is 0 Å². The number of allylic oxidation sites excluding steroid dienone is 1. The molecule has 0 aliphatic carbocycles.